The zero-order valence-electron chi connectivity index (χ0n) is 27.3. The van der Waals surface area contributed by atoms with Gasteiger partial charge in [-0.25, -0.2) is 15.0 Å². The quantitative estimate of drug-likeness (QED) is 0.176. The summed E-state index contributed by atoms with van der Waals surface area (Å²) in [7, 11) is 0. The molecule has 11 rings (SSSR count). The van der Waals surface area contributed by atoms with E-state index in [2.05, 4.69) is 146 Å². The first-order valence-corrected chi connectivity index (χ1v) is 18.0. The van der Waals surface area contributed by atoms with Gasteiger partial charge < -0.3 is 0 Å². The Balaban J connectivity index is 1.12. The average Bonchev–Trinajstić information content (AvgIpc) is 3.60. The lowest BCUT2D eigenvalue weighted by molar-refractivity contribution is 1.08. The Morgan fingerprint density at radius 1 is 0.314 bits per heavy atom. The summed E-state index contributed by atoms with van der Waals surface area (Å²) >= 11 is 1.89. The smallest absolute Gasteiger partial charge is 0.164 e. The average molecular weight is 666 g/mol. The van der Waals surface area contributed by atoms with E-state index in [1.165, 1.54) is 63.3 Å². The van der Waals surface area contributed by atoms with Gasteiger partial charge in [0.2, 0.25) is 0 Å². The highest BCUT2D eigenvalue weighted by molar-refractivity contribution is 7.27. The zero-order chi connectivity index (χ0) is 33.5. The molecule has 0 saturated heterocycles. The number of thiophene rings is 1. The first-order valence-electron chi connectivity index (χ1n) is 17.2. The Bertz CT molecular complexity index is 3200. The molecule has 4 heteroatoms. The van der Waals surface area contributed by atoms with Gasteiger partial charge in [0.1, 0.15) is 0 Å². The van der Waals surface area contributed by atoms with Crippen molar-refractivity contribution in [1.29, 1.82) is 0 Å². The monoisotopic (exact) mass is 665 g/mol. The van der Waals surface area contributed by atoms with Gasteiger partial charge in [-0.1, -0.05) is 146 Å². The second-order valence-corrected chi connectivity index (χ2v) is 14.2. The molecule has 0 aliphatic heterocycles. The van der Waals surface area contributed by atoms with Crippen molar-refractivity contribution in [1.82, 2.24) is 15.0 Å². The minimum Gasteiger partial charge on any atom is -0.208 e. The summed E-state index contributed by atoms with van der Waals surface area (Å²) in [4.78, 5) is 15.2. The highest BCUT2D eigenvalue weighted by Gasteiger charge is 2.18. The third-order valence-corrected chi connectivity index (χ3v) is 11.5. The summed E-state index contributed by atoms with van der Waals surface area (Å²) in [6, 6.07) is 58.5. The second-order valence-electron chi connectivity index (χ2n) is 13.2. The zero-order valence-corrected chi connectivity index (χ0v) is 28.2. The van der Waals surface area contributed by atoms with Crippen LogP contribution >= 0.6 is 11.3 Å². The van der Waals surface area contributed by atoms with Crippen molar-refractivity contribution < 1.29 is 0 Å². The lowest BCUT2D eigenvalue weighted by Gasteiger charge is -2.12. The van der Waals surface area contributed by atoms with E-state index in [0.717, 1.165) is 27.5 Å². The highest BCUT2D eigenvalue weighted by Crippen LogP contribution is 2.46. The van der Waals surface area contributed by atoms with Crippen molar-refractivity contribution in [3.63, 3.8) is 0 Å². The summed E-state index contributed by atoms with van der Waals surface area (Å²) in [5, 5.41) is 15.1. The number of hydrogen-bond acceptors (Lipinski definition) is 4. The van der Waals surface area contributed by atoms with Gasteiger partial charge in [-0.2, -0.15) is 0 Å². The second kappa shape index (κ2) is 11.0. The van der Waals surface area contributed by atoms with Crippen LogP contribution in [-0.4, -0.2) is 15.0 Å². The molecule has 0 saturated carbocycles. The van der Waals surface area contributed by atoms with Crippen LogP contribution in [0.25, 0.3) is 108 Å². The maximum atomic E-state index is 5.13. The van der Waals surface area contributed by atoms with Gasteiger partial charge >= 0.3 is 0 Å². The van der Waals surface area contributed by atoms with Crippen LogP contribution in [0.2, 0.25) is 0 Å². The van der Waals surface area contributed by atoms with Crippen LogP contribution in [0, 0.1) is 0 Å². The van der Waals surface area contributed by atoms with Crippen LogP contribution in [0.3, 0.4) is 0 Å². The molecule has 2 heterocycles. The van der Waals surface area contributed by atoms with Crippen molar-refractivity contribution in [2.45, 2.75) is 0 Å². The molecule has 0 unspecified atom stereocenters. The minimum absolute atomic E-state index is 0.657. The molecule has 0 aliphatic carbocycles. The first-order chi connectivity index (χ1) is 25.3. The summed E-state index contributed by atoms with van der Waals surface area (Å²) in [5.41, 5.74) is 2.88. The van der Waals surface area contributed by atoms with Gasteiger partial charge in [0.15, 0.2) is 17.5 Å². The van der Waals surface area contributed by atoms with E-state index in [4.69, 9.17) is 15.0 Å². The number of nitrogens with zero attached hydrogens (tertiary/aromatic N) is 3. The molecule has 0 fully saturated rings. The van der Waals surface area contributed by atoms with Crippen molar-refractivity contribution in [3.05, 3.63) is 164 Å². The number of rotatable bonds is 3. The molecule has 0 radical (unpaired) electrons. The standard InChI is InChI=1S/C47H27N3S/c1-2-11-29(12-3-1)45-48-46(32-21-23-35-30(26-32)19-18-28-10-4-5-13-34(28)35)50-47(49-45)33-22-24-36-31(27-33)20-25-40-42(36)37-14-6-7-15-38(37)43-39-16-8-9-17-41(39)51-44(40)43/h1-27H. The van der Waals surface area contributed by atoms with Gasteiger partial charge in [0.25, 0.3) is 0 Å². The van der Waals surface area contributed by atoms with E-state index in [-0.39, 0.29) is 0 Å². The topological polar surface area (TPSA) is 38.7 Å². The molecule has 0 bridgehead atoms. The maximum absolute atomic E-state index is 5.13. The van der Waals surface area contributed by atoms with Gasteiger partial charge in [-0.3, -0.25) is 0 Å². The molecule has 51 heavy (non-hydrogen) atoms. The van der Waals surface area contributed by atoms with Gasteiger partial charge in [-0.05, 0) is 66.7 Å². The lowest BCUT2D eigenvalue weighted by Crippen LogP contribution is -2.00. The highest BCUT2D eigenvalue weighted by atomic mass is 32.1. The third kappa shape index (κ3) is 4.40. The molecule has 0 atom stereocenters. The summed E-state index contributed by atoms with van der Waals surface area (Å²) in [6.07, 6.45) is 0. The first kappa shape index (κ1) is 28.4. The fourth-order valence-corrected chi connectivity index (χ4v) is 9.12. The van der Waals surface area contributed by atoms with Gasteiger partial charge in [0, 0.05) is 42.2 Å². The van der Waals surface area contributed by atoms with E-state index >= 15 is 0 Å². The van der Waals surface area contributed by atoms with Crippen LogP contribution in [0.5, 0.6) is 0 Å². The molecular weight excluding hydrogens is 639 g/mol. The normalized spacial score (nSPS) is 11.9. The Morgan fingerprint density at radius 2 is 0.824 bits per heavy atom. The van der Waals surface area contributed by atoms with E-state index < -0.39 is 0 Å². The van der Waals surface area contributed by atoms with Crippen molar-refractivity contribution >= 4 is 85.4 Å². The molecule has 11 aromatic rings. The summed E-state index contributed by atoms with van der Waals surface area (Å²) in [6.45, 7) is 0. The van der Waals surface area contributed by atoms with Crippen molar-refractivity contribution in [2.75, 3.05) is 0 Å². The molecular formula is C47H27N3S. The van der Waals surface area contributed by atoms with E-state index in [0.29, 0.717) is 17.5 Å². The van der Waals surface area contributed by atoms with Gasteiger partial charge in [0.05, 0.1) is 0 Å². The molecule has 0 amide bonds. The molecule has 0 spiro atoms. The Morgan fingerprint density at radius 3 is 1.59 bits per heavy atom. The number of hydrogen-bond donors (Lipinski definition) is 0. The number of fused-ring (bicyclic) bond motifs is 13. The summed E-state index contributed by atoms with van der Waals surface area (Å²) in [5.74, 6) is 1.97. The molecule has 9 aromatic carbocycles. The Hall–Kier alpha value is -6.49. The Labute approximate surface area is 297 Å². The van der Waals surface area contributed by atoms with E-state index in [9.17, 15) is 0 Å². The fraction of sp³-hybridized carbons (Fsp3) is 0. The minimum atomic E-state index is 0.657. The predicted octanol–water partition coefficient (Wildman–Crippen LogP) is 13.0. The van der Waals surface area contributed by atoms with Crippen LogP contribution in [0.4, 0.5) is 0 Å². The largest absolute Gasteiger partial charge is 0.208 e. The fourth-order valence-electron chi connectivity index (χ4n) is 7.87. The predicted molar refractivity (Wildman–Crippen MR) is 217 cm³/mol. The lowest BCUT2D eigenvalue weighted by atomic mass is 9.93. The van der Waals surface area contributed by atoms with Crippen LogP contribution in [-0.2, 0) is 0 Å². The van der Waals surface area contributed by atoms with Crippen LogP contribution in [0.1, 0.15) is 0 Å². The van der Waals surface area contributed by atoms with Crippen LogP contribution in [0.15, 0.2) is 164 Å². The van der Waals surface area contributed by atoms with Gasteiger partial charge in [-0.15, -0.1) is 11.3 Å². The third-order valence-electron chi connectivity index (χ3n) is 10.3. The SMILES string of the molecule is c1ccc(-c2nc(-c3ccc4c(ccc5ccccc54)c3)nc(-c3ccc4c(ccc5c6sc7ccccc7c6c6ccccc6c45)c3)n2)cc1. The van der Waals surface area contributed by atoms with E-state index in [1.54, 1.807) is 0 Å². The molecule has 236 valence electrons. The summed E-state index contributed by atoms with van der Waals surface area (Å²) < 4.78 is 2.66. The molecule has 0 aliphatic rings. The molecule has 2 aromatic heterocycles. The van der Waals surface area contributed by atoms with Crippen molar-refractivity contribution in [3.8, 4) is 34.2 Å². The molecule has 0 N–H and O–H groups in total. The van der Waals surface area contributed by atoms with Crippen molar-refractivity contribution in [2.24, 2.45) is 0 Å². The van der Waals surface area contributed by atoms with E-state index in [1.807, 2.05) is 29.5 Å². The molecule has 3 nitrogen and oxygen atoms in total. The number of aromatic nitrogens is 3. The maximum Gasteiger partial charge on any atom is 0.164 e. The number of benzene rings is 9. The van der Waals surface area contributed by atoms with Crippen LogP contribution < -0.4 is 0 Å². The Kier molecular flexibility index (Phi) is 6.12.